The number of methoxy groups -OCH3 is 1. The highest BCUT2D eigenvalue weighted by Crippen LogP contribution is 2.28. The van der Waals surface area contributed by atoms with Crippen molar-refractivity contribution in [3.05, 3.63) is 70.2 Å². The second kappa shape index (κ2) is 9.13. The molecule has 2 atom stereocenters. The Labute approximate surface area is 175 Å². The van der Waals surface area contributed by atoms with E-state index in [1.165, 1.54) is 7.11 Å². The van der Waals surface area contributed by atoms with Crippen molar-refractivity contribution in [2.45, 2.75) is 37.3 Å². The minimum absolute atomic E-state index is 0.185. The number of rotatable bonds is 3. The second-order valence-corrected chi connectivity index (χ2v) is 7.56. The molecule has 0 bridgehead atoms. The van der Waals surface area contributed by atoms with Gasteiger partial charge >= 0.3 is 5.97 Å². The van der Waals surface area contributed by atoms with E-state index in [1.807, 2.05) is 12.1 Å². The maximum absolute atomic E-state index is 12.5. The lowest BCUT2D eigenvalue weighted by Crippen LogP contribution is -2.45. The molecular weight excluding hydrogens is 390 g/mol. The zero-order valence-corrected chi connectivity index (χ0v) is 16.8. The van der Waals surface area contributed by atoms with Crippen LogP contribution in [0.4, 0.5) is 0 Å². The molecule has 0 saturated heterocycles. The fraction of sp³-hybridized carbons (Fsp3) is 0.304. The van der Waals surface area contributed by atoms with Crippen LogP contribution in [-0.4, -0.2) is 35.7 Å². The van der Waals surface area contributed by atoms with Gasteiger partial charge in [-0.3, -0.25) is 4.79 Å². The van der Waals surface area contributed by atoms with Crippen molar-refractivity contribution in [1.82, 2.24) is 5.32 Å². The fourth-order valence-corrected chi connectivity index (χ4v) is 3.58. The van der Waals surface area contributed by atoms with Crippen molar-refractivity contribution >= 4 is 23.5 Å². The molecule has 1 fully saturated rings. The predicted octanol–water partition coefficient (Wildman–Crippen LogP) is 3.58. The molecule has 1 saturated carbocycles. The van der Waals surface area contributed by atoms with Crippen molar-refractivity contribution < 1.29 is 19.4 Å². The first-order valence-corrected chi connectivity index (χ1v) is 9.77. The molecule has 2 aromatic rings. The van der Waals surface area contributed by atoms with E-state index >= 15 is 0 Å². The third kappa shape index (κ3) is 5.60. The molecule has 150 valence electrons. The van der Waals surface area contributed by atoms with Gasteiger partial charge in [0.2, 0.25) is 0 Å². The highest BCUT2D eigenvalue weighted by Gasteiger charge is 2.33. The third-order valence-corrected chi connectivity index (χ3v) is 5.13. The lowest BCUT2D eigenvalue weighted by molar-refractivity contribution is 0.0451. The Morgan fingerprint density at radius 3 is 2.62 bits per heavy atom. The minimum Gasteiger partial charge on any atom is -0.465 e. The molecule has 0 radical (unpaired) electrons. The van der Waals surface area contributed by atoms with E-state index in [0.717, 1.165) is 18.4 Å². The zero-order chi connectivity index (χ0) is 20.9. The maximum Gasteiger partial charge on any atom is 0.337 e. The quantitative estimate of drug-likeness (QED) is 0.598. The summed E-state index contributed by atoms with van der Waals surface area (Å²) < 4.78 is 4.65. The highest BCUT2D eigenvalue weighted by molar-refractivity contribution is 6.30. The molecule has 29 heavy (non-hydrogen) atoms. The first kappa shape index (κ1) is 20.9. The van der Waals surface area contributed by atoms with E-state index in [-0.39, 0.29) is 11.9 Å². The number of hydrogen-bond donors (Lipinski definition) is 2. The van der Waals surface area contributed by atoms with Gasteiger partial charge in [-0.2, -0.15) is 0 Å². The Bertz CT molecular complexity index is 961. The number of aliphatic hydroxyl groups is 1. The molecule has 0 aliphatic heterocycles. The fourth-order valence-electron chi connectivity index (χ4n) is 3.39. The van der Waals surface area contributed by atoms with Gasteiger partial charge in [-0.1, -0.05) is 29.5 Å². The van der Waals surface area contributed by atoms with Crippen molar-refractivity contribution in [2.24, 2.45) is 0 Å². The SMILES string of the molecule is COC(=O)c1ccc(C(=O)N[C@H]2CCCC(O)(C#Cc3cccc(Cl)c3)C2)cc1. The number of amides is 1. The topological polar surface area (TPSA) is 75.6 Å². The zero-order valence-electron chi connectivity index (χ0n) is 16.1. The number of halogens is 1. The predicted molar refractivity (Wildman–Crippen MR) is 111 cm³/mol. The molecular formula is C23H22ClNO4. The molecule has 5 nitrogen and oxygen atoms in total. The van der Waals surface area contributed by atoms with Crippen LogP contribution in [0.1, 0.15) is 52.0 Å². The molecule has 6 heteroatoms. The lowest BCUT2D eigenvalue weighted by Gasteiger charge is -2.33. The Kier molecular flexibility index (Phi) is 6.58. The van der Waals surface area contributed by atoms with Crippen LogP contribution in [-0.2, 0) is 4.74 Å². The molecule has 1 aliphatic rings. The van der Waals surface area contributed by atoms with E-state index < -0.39 is 11.6 Å². The van der Waals surface area contributed by atoms with Gasteiger partial charge in [0.1, 0.15) is 5.60 Å². The van der Waals surface area contributed by atoms with Gasteiger partial charge in [-0.05, 0) is 61.7 Å². The standard InChI is InChI=1S/C23H22ClNO4/c1-29-22(27)18-9-7-17(8-10-18)21(26)25-20-6-3-12-23(28,15-20)13-11-16-4-2-5-19(24)14-16/h2,4-5,7-10,14,20,28H,3,6,12,15H2,1H3,(H,25,26)/t20-,23?/m0/s1. The summed E-state index contributed by atoms with van der Waals surface area (Å²) in [5.41, 5.74) is 0.403. The van der Waals surface area contributed by atoms with Gasteiger partial charge in [0.25, 0.3) is 5.91 Å². The molecule has 0 spiro atoms. The molecule has 1 amide bonds. The number of hydrogen-bond acceptors (Lipinski definition) is 4. The van der Waals surface area contributed by atoms with Gasteiger partial charge < -0.3 is 15.2 Å². The van der Waals surface area contributed by atoms with Crippen LogP contribution in [0.3, 0.4) is 0 Å². The number of benzene rings is 2. The number of nitrogens with one attached hydrogen (secondary N) is 1. The van der Waals surface area contributed by atoms with Gasteiger partial charge in [-0.25, -0.2) is 4.79 Å². The molecule has 2 aromatic carbocycles. The average Bonchev–Trinajstić information content (AvgIpc) is 2.72. The van der Waals surface area contributed by atoms with Crippen LogP contribution in [0, 0.1) is 11.8 Å². The number of carbonyl (C=O) groups excluding carboxylic acids is 2. The largest absolute Gasteiger partial charge is 0.465 e. The summed E-state index contributed by atoms with van der Waals surface area (Å²) in [6, 6.07) is 13.2. The van der Waals surface area contributed by atoms with Gasteiger partial charge in [0.05, 0.1) is 12.7 Å². The molecule has 0 aromatic heterocycles. The van der Waals surface area contributed by atoms with E-state index in [9.17, 15) is 14.7 Å². The monoisotopic (exact) mass is 411 g/mol. The Morgan fingerprint density at radius 2 is 1.93 bits per heavy atom. The summed E-state index contributed by atoms with van der Waals surface area (Å²) in [4.78, 5) is 24.0. The van der Waals surface area contributed by atoms with Gasteiger partial charge in [0.15, 0.2) is 0 Å². The van der Waals surface area contributed by atoms with Crippen molar-refractivity contribution in [3.8, 4) is 11.8 Å². The summed E-state index contributed by atoms with van der Waals surface area (Å²) in [5, 5.41) is 14.4. The molecule has 1 aliphatic carbocycles. The van der Waals surface area contributed by atoms with Crippen molar-refractivity contribution in [1.29, 1.82) is 0 Å². The van der Waals surface area contributed by atoms with Crippen LogP contribution in [0.2, 0.25) is 5.02 Å². The average molecular weight is 412 g/mol. The van der Waals surface area contributed by atoms with E-state index in [1.54, 1.807) is 36.4 Å². The van der Waals surface area contributed by atoms with E-state index in [2.05, 4.69) is 21.9 Å². The third-order valence-electron chi connectivity index (χ3n) is 4.89. The minimum atomic E-state index is -1.16. The normalized spacial score (nSPS) is 20.9. The van der Waals surface area contributed by atoms with Gasteiger partial charge in [-0.15, -0.1) is 0 Å². The van der Waals surface area contributed by atoms with E-state index in [0.29, 0.717) is 29.0 Å². The first-order chi connectivity index (χ1) is 13.9. The second-order valence-electron chi connectivity index (χ2n) is 7.13. The van der Waals surface area contributed by atoms with Crippen LogP contribution >= 0.6 is 11.6 Å². The first-order valence-electron chi connectivity index (χ1n) is 9.39. The van der Waals surface area contributed by atoms with Crippen molar-refractivity contribution in [2.75, 3.05) is 7.11 Å². The van der Waals surface area contributed by atoms with Crippen LogP contribution in [0.25, 0.3) is 0 Å². The van der Waals surface area contributed by atoms with Crippen LogP contribution in [0.5, 0.6) is 0 Å². The van der Waals surface area contributed by atoms with Crippen LogP contribution in [0.15, 0.2) is 48.5 Å². The van der Waals surface area contributed by atoms with Gasteiger partial charge in [0, 0.05) is 28.6 Å². The van der Waals surface area contributed by atoms with Crippen molar-refractivity contribution in [3.63, 3.8) is 0 Å². The highest BCUT2D eigenvalue weighted by atomic mass is 35.5. The van der Waals surface area contributed by atoms with E-state index in [4.69, 9.17) is 11.6 Å². The molecule has 2 N–H and O–H groups in total. The summed E-state index contributed by atoms with van der Waals surface area (Å²) in [7, 11) is 1.31. The molecule has 1 unspecified atom stereocenters. The summed E-state index contributed by atoms with van der Waals surface area (Å²) >= 11 is 5.97. The summed E-state index contributed by atoms with van der Waals surface area (Å²) in [5.74, 6) is 5.24. The Morgan fingerprint density at radius 1 is 1.21 bits per heavy atom. The maximum atomic E-state index is 12.5. The number of esters is 1. The molecule has 0 heterocycles. The number of carbonyl (C=O) groups is 2. The number of ether oxygens (including phenoxy) is 1. The van der Waals surface area contributed by atoms with Crippen LogP contribution < -0.4 is 5.32 Å². The molecule has 3 rings (SSSR count). The summed E-state index contributed by atoms with van der Waals surface area (Å²) in [6.07, 6.45) is 2.44. The Hall–Kier alpha value is -2.81. The summed E-state index contributed by atoms with van der Waals surface area (Å²) in [6.45, 7) is 0. The smallest absolute Gasteiger partial charge is 0.337 e. The lowest BCUT2D eigenvalue weighted by atomic mass is 9.82. The Balaban J connectivity index is 1.64.